The first-order valence-corrected chi connectivity index (χ1v) is 41.5. The van der Waals surface area contributed by atoms with E-state index < -0.39 is 6.10 Å². The van der Waals surface area contributed by atoms with Gasteiger partial charge in [-0.25, -0.2) is 0 Å². The average molecular weight is 1260 g/mol. The third-order valence-corrected chi connectivity index (χ3v) is 19.4. The van der Waals surface area contributed by atoms with Crippen molar-refractivity contribution in [3.8, 4) is 0 Å². The van der Waals surface area contributed by atoms with Crippen molar-refractivity contribution in [2.75, 3.05) is 13.2 Å². The Labute approximate surface area is 565 Å². The van der Waals surface area contributed by atoms with Crippen LogP contribution in [-0.2, 0) is 19.1 Å². The highest BCUT2D eigenvalue weighted by molar-refractivity contribution is 5.70. The van der Waals surface area contributed by atoms with Crippen LogP contribution in [-0.4, -0.2) is 36.4 Å². The minimum absolute atomic E-state index is 0.0578. The second-order valence-electron chi connectivity index (χ2n) is 28.6. The number of hydrogen-bond donors (Lipinski definition) is 1. The van der Waals surface area contributed by atoms with Gasteiger partial charge in [-0.1, -0.05) is 429 Å². The molecule has 0 spiro atoms. The van der Waals surface area contributed by atoms with E-state index in [9.17, 15) is 14.7 Å². The Morgan fingerprint density at radius 3 is 0.667 bits per heavy atom. The van der Waals surface area contributed by atoms with Gasteiger partial charge in [-0.05, 0) is 70.6 Å². The Morgan fingerprint density at radius 1 is 0.256 bits per heavy atom. The number of carbonyl (C=O) groups is 2. The second-order valence-corrected chi connectivity index (χ2v) is 28.6. The van der Waals surface area contributed by atoms with Crippen molar-refractivity contribution in [2.45, 2.75) is 482 Å². The number of carbonyl (C=O) groups excluding carboxylic acids is 2. The van der Waals surface area contributed by atoms with Gasteiger partial charge in [0.1, 0.15) is 6.61 Å². The van der Waals surface area contributed by atoms with E-state index in [0.29, 0.717) is 12.8 Å². The third-order valence-electron chi connectivity index (χ3n) is 19.4. The summed E-state index contributed by atoms with van der Waals surface area (Å²) in [4.78, 5) is 24.7. The normalized spacial score (nSPS) is 12.3. The lowest BCUT2D eigenvalue weighted by Crippen LogP contribution is -2.28. The van der Waals surface area contributed by atoms with Gasteiger partial charge in [-0.3, -0.25) is 9.59 Å². The Balaban J connectivity index is 3.34. The van der Waals surface area contributed by atoms with E-state index in [4.69, 9.17) is 9.47 Å². The molecule has 5 nitrogen and oxygen atoms in total. The van der Waals surface area contributed by atoms with Crippen LogP contribution in [0.3, 0.4) is 0 Å². The maximum absolute atomic E-state index is 12.4. The Kier molecular flexibility index (Phi) is 79.7. The van der Waals surface area contributed by atoms with E-state index in [0.717, 1.165) is 38.5 Å². The summed E-state index contributed by atoms with van der Waals surface area (Å²) >= 11 is 0. The van der Waals surface area contributed by atoms with Gasteiger partial charge in [0, 0.05) is 12.8 Å². The SMILES string of the molecule is CCCCCCC/C=C\C/C=C\CCCCCCCCCCCCCCCCCCCCCCCCCC(=O)OC(CO)COC(=O)CCCCCCCCCCCCCCCCCCCCCCCCCCCCCCC/C=C\CCCCCCCCCC. The van der Waals surface area contributed by atoms with Crippen molar-refractivity contribution in [3.05, 3.63) is 36.5 Å². The lowest BCUT2D eigenvalue weighted by molar-refractivity contribution is -0.161. The second kappa shape index (κ2) is 81.4. The summed E-state index contributed by atoms with van der Waals surface area (Å²) in [5, 5.41) is 9.73. The van der Waals surface area contributed by atoms with Crippen molar-refractivity contribution in [3.63, 3.8) is 0 Å². The van der Waals surface area contributed by atoms with Crippen molar-refractivity contribution in [1.29, 1.82) is 0 Å². The number of aliphatic hydroxyl groups is 1. The van der Waals surface area contributed by atoms with Gasteiger partial charge >= 0.3 is 11.9 Å². The smallest absolute Gasteiger partial charge is 0.306 e. The molecular formula is C85H162O5. The number of rotatable bonds is 79. The molecule has 0 saturated heterocycles. The Morgan fingerprint density at radius 2 is 0.444 bits per heavy atom. The van der Waals surface area contributed by atoms with Crippen LogP contribution >= 0.6 is 0 Å². The van der Waals surface area contributed by atoms with Crippen molar-refractivity contribution in [2.24, 2.45) is 0 Å². The number of ether oxygens (including phenoxy) is 2. The molecule has 0 aliphatic rings. The summed E-state index contributed by atoms with van der Waals surface area (Å²) in [6, 6.07) is 0. The summed E-state index contributed by atoms with van der Waals surface area (Å²) in [5.41, 5.74) is 0. The fraction of sp³-hybridized carbons (Fsp3) is 0.906. The van der Waals surface area contributed by atoms with Crippen LogP contribution in [0.1, 0.15) is 476 Å². The van der Waals surface area contributed by atoms with Gasteiger partial charge in [0.25, 0.3) is 0 Å². The lowest BCUT2D eigenvalue weighted by atomic mass is 10.0. The van der Waals surface area contributed by atoms with E-state index in [1.165, 1.54) is 411 Å². The van der Waals surface area contributed by atoms with E-state index in [1.807, 2.05) is 0 Å². The molecule has 0 aromatic rings. The first-order valence-electron chi connectivity index (χ1n) is 41.5. The van der Waals surface area contributed by atoms with Crippen molar-refractivity contribution >= 4 is 11.9 Å². The summed E-state index contributed by atoms with van der Waals surface area (Å²) < 4.78 is 10.8. The van der Waals surface area contributed by atoms with Crippen molar-refractivity contribution < 1.29 is 24.2 Å². The van der Waals surface area contributed by atoms with E-state index in [-0.39, 0.29) is 25.2 Å². The van der Waals surface area contributed by atoms with Crippen LogP contribution in [0.4, 0.5) is 0 Å². The summed E-state index contributed by atoms with van der Waals surface area (Å²) in [6.07, 6.45) is 110. The van der Waals surface area contributed by atoms with Crippen molar-refractivity contribution in [1.82, 2.24) is 0 Å². The van der Waals surface area contributed by atoms with Crippen LogP contribution in [0.25, 0.3) is 0 Å². The molecule has 90 heavy (non-hydrogen) atoms. The summed E-state index contributed by atoms with van der Waals surface area (Å²) in [5.74, 6) is -0.560. The van der Waals surface area contributed by atoms with E-state index >= 15 is 0 Å². The molecule has 0 aromatic carbocycles. The molecule has 0 saturated carbocycles. The van der Waals surface area contributed by atoms with Crippen LogP contribution in [0.5, 0.6) is 0 Å². The van der Waals surface area contributed by atoms with Gasteiger partial charge in [0.2, 0.25) is 0 Å². The maximum atomic E-state index is 12.4. The van der Waals surface area contributed by atoms with E-state index in [2.05, 4.69) is 50.3 Å². The Bertz CT molecular complexity index is 1430. The zero-order valence-corrected chi connectivity index (χ0v) is 61.4. The number of esters is 2. The minimum atomic E-state index is -0.770. The van der Waals surface area contributed by atoms with Gasteiger partial charge in [0.15, 0.2) is 6.10 Å². The maximum Gasteiger partial charge on any atom is 0.306 e. The predicted octanol–water partition coefficient (Wildman–Crippen LogP) is 29.2. The topological polar surface area (TPSA) is 72.8 Å². The molecule has 0 aliphatic heterocycles. The molecule has 0 aliphatic carbocycles. The molecule has 532 valence electrons. The zero-order valence-electron chi connectivity index (χ0n) is 61.4. The number of aliphatic hydroxyl groups excluding tert-OH is 1. The van der Waals surface area contributed by atoms with Gasteiger partial charge in [0.05, 0.1) is 6.61 Å². The van der Waals surface area contributed by atoms with Crippen LogP contribution in [0.2, 0.25) is 0 Å². The molecule has 0 aromatic heterocycles. The van der Waals surface area contributed by atoms with Crippen LogP contribution in [0, 0.1) is 0 Å². The first kappa shape index (κ1) is 88.1. The average Bonchev–Trinajstić information content (AvgIpc) is 3.58. The predicted molar refractivity (Wildman–Crippen MR) is 399 cm³/mol. The van der Waals surface area contributed by atoms with Crippen LogP contribution < -0.4 is 0 Å². The molecule has 0 bridgehead atoms. The number of hydrogen-bond acceptors (Lipinski definition) is 5. The molecular weight excluding hydrogens is 1100 g/mol. The highest BCUT2D eigenvalue weighted by Crippen LogP contribution is 2.20. The largest absolute Gasteiger partial charge is 0.462 e. The lowest BCUT2D eigenvalue weighted by Gasteiger charge is -2.15. The minimum Gasteiger partial charge on any atom is -0.462 e. The summed E-state index contributed by atoms with van der Waals surface area (Å²) in [6.45, 7) is 4.20. The standard InChI is InChI=1S/C85H162O5/c1-3-5-7-9-11-13-15-17-19-21-23-25-27-29-31-33-35-37-39-40-41-42-43-44-46-47-49-51-53-55-57-59-61-63-65-67-69-71-73-75-77-79-84(87)89-82-83(81-86)90-85(88)80-78-76-74-72-70-68-66-64-62-60-58-56-54-52-50-48-45-38-36-34-32-30-28-26-24-22-20-18-16-14-12-10-8-6-4-2/h16,18,21-24,83,86H,3-15,17,19-20,25-82H2,1-2H3/b18-16-,23-21-,24-22-. The molecule has 0 rings (SSSR count). The van der Waals surface area contributed by atoms with Gasteiger partial charge < -0.3 is 14.6 Å². The number of unbranched alkanes of at least 4 members (excludes halogenated alkanes) is 65. The quantitative estimate of drug-likeness (QED) is 0.0373. The molecule has 1 N–H and O–H groups in total. The van der Waals surface area contributed by atoms with E-state index in [1.54, 1.807) is 0 Å². The van der Waals surface area contributed by atoms with Gasteiger partial charge in [-0.2, -0.15) is 0 Å². The highest BCUT2D eigenvalue weighted by Gasteiger charge is 2.16. The molecule has 1 atom stereocenters. The zero-order chi connectivity index (χ0) is 64.7. The summed E-state index contributed by atoms with van der Waals surface area (Å²) in [7, 11) is 0. The molecule has 0 heterocycles. The molecule has 1 unspecified atom stereocenters. The third kappa shape index (κ3) is 78.6. The highest BCUT2D eigenvalue weighted by atomic mass is 16.6. The van der Waals surface area contributed by atoms with Crippen LogP contribution in [0.15, 0.2) is 36.5 Å². The Hall–Kier alpha value is -1.88. The molecule has 0 fully saturated rings. The monoisotopic (exact) mass is 1260 g/mol. The fourth-order valence-corrected chi connectivity index (χ4v) is 13.2. The van der Waals surface area contributed by atoms with Gasteiger partial charge in [-0.15, -0.1) is 0 Å². The molecule has 5 heteroatoms. The molecule has 0 amide bonds. The first-order chi connectivity index (χ1) is 44.6. The molecule has 0 radical (unpaired) electrons. The fourth-order valence-electron chi connectivity index (χ4n) is 13.2. The number of allylic oxidation sites excluding steroid dienone is 6.